The second-order valence-corrected chi connectivity index (χ2v) is 6.96. The molecule has 1 aromatic rings. The number of primary amides is 1. The summed E-state index contributed by atoms with van der Waals surface area (Å²) in [5.74, 6) is -0.218. The predicted molar refractivity (Wildman–Crippen MR) is 85.4 cm³/mol. The van der Waals surface area contributed by atoms with Crippen LogP contribution in [0.2, 0.25) is 5.02 Å². The van der Waals surface area contributed by atoms with Gasteiger partial charge in [0, 0.05) is 36.4 Å². The Labute approximate surface area is 130 Å². The van der Waals surface area contributed by atoms with E-state index in [9.17, 15) is 4.79 Å². The summed E-state index contributed by atoms with van der Waals surface area (Å²) in [6.07, 6.45) is 3.34. The summed E-state index contributed by atoms with van der Waals surface area (Å²) < 4.78 is 0. The monoisotopic (exact) mass is 307 g/mol. The second kappa shape index (κ2) is 5.50. The Hall–Kier alpha value is -1.26. The van der Waals surface area contributed by atoms with Crippen molar-refractivity contribution in [1.82, 2.24) is 5.32 Å². The SMILES string of the molecule is CC1(C(N)=O)CCN(c2cc(Cl)ccc2CNC2CC2)C1. The van der Waals surface area contributed by atoms with Crippen LogP contribution in [0, 0.1) is 5.41 Å². The summed E-state index contributed by atoms with van der Waals surface area (Å²) in [5, 5.41) is 4.27. The van der Waals surface area contributed by atoms with E-state index in [0.29, 0.717) is 12.6 Å². The van der Waals surface area contributed by atoms with Gasteiger partial charge in [-0.05, 0) is 43.9 Å². The fraction of sp³-hybridized carbons (Fsp3) is 0.562. The van der Waals surface area contributed by atoms with Crippen molar-refractivity contribution >= 4 is 23.2 Å². The van der Waals surface area contributed by atoms with Crippen LogP contribution in [-0.2, 0) is 11.3 Å². The smallest absolute Gasteiger partial charge is 0.225 e. The topological polar surface area (TPSA) is 58.4 Å². The lowest BCUT2D eigenvalue weighted by molar-refractivity contribution is -0.125. The Kier molecular flexibility index (Phi) is 3.84. The summed E-state index contributed by atoms with van der Waals surface area (Å²) in [4.78, 5) is 13.9. The average molecular weight is 308 g/mol. The third-order valence-corrected chi connectivity index (χ3v) is 4.85. The highest BCUT2D eigenvalue weighted by atomic mass is 35.5. The van der Waals surface area contributed by atoms with E-state index in [1.165, 1.54) is 18.4 Å². The van der Waals surface area contributed by atoms with Crippen molar-refractivity contribution in [2.75, 3.05) is 18.0 Å². The molecule has 21 heavy (non-hydrogen) atoms. The molecule has 0 aromatic heterocycles. The van der Waals surface area contributed by atoms with Crippen LogP contribution in [0.15, 0.2) is 18.2 Å². The molecule has 1 aliphatic carbocycles. The molecule has 1 aromatic carbocycles. The molecule has 114 valence electrons. The van der Waals surface area contributed by atoms with Gasteiger partial charge in [0.1, 0.15) is 0 Å². The van der Waals surface area contributed by atoms with Crippen molar-refractivity contribution in [2.24, 2.45) is 11.1 Å². The Bertz CT molecular complexity index is 558. The first-order chi connectivity index (χ1) is 9.98. The van der Waals surface area contributed by atoms with Crippen LogP contribution < -0.4 is 16.0 Å². The van der Waals surface area contributed by atoms with Gasteiger partial charge in [0.25, 0.3) is 0 Å². The third kappa shape index (κ3) is 3.16. The Morgan fingerprint density at radius 3 is 2.90 bits per heavy atom. The first-order valence-corrected chi connectivity index (χ1v) is 7.92. The minimum atomic E-state index is -0.441. The molecular formula is C16H22ClN3O. The van der Waals surface area contributed by atoms with Gasteiger partial charge >= 0.3 is 0 Å². The zero-order valence-corrected chi connectivity index (χ0v) is 13.1. The van der Waals surface area contributed by atoms with Crippen molar-refractivity contribution in [3.8, 4) is 0 Å². The molecule has 1 heterocycles. The largest absolute Gasteiger partial charge is 0.370 e. The van der Waals surface area contributed by atoms with E-state index in [2.05, 4.69) is 16.3 Å². The van der Waals surface area contributed by atoms with E-state index in [-0.39, 0.29) is 5.91 Å². The Morgan fingerprint density at radius 1 is 1.52 bits per heavy atom. The molecule has 1 aliphatic heterocycles. The van der Waals surface area contributed by atoms with Gasteiger partial charge in [0.15, 0.2) is 0 Å². The third-order valence-electron chi connectivity index (χ3n) is 4.61. The van der Waals surface area contributed by atoms with Gasteiger partial charge in [-0.3, -0.25) is 4.79 Å². The number of nitrogens with one attached hydrogen (secondary N) is 1. The maximum Gasteiger partial charge on any atom is 0.225 e. The number of hydrogen-bond donors (Lipinski definition) is 2. The van der Waals surface area contributed by atoms with E-state index in [1.54, 1.807) is 0 Å². The first-order valence-electron chi connectivity index (χ1n) is 7.55. The van der Waals surface area contributed by atoms with E-state index in [1.807, 2.05) is 19.1 Å². The highest BCUT2D eigenvalue weighted by Crippen LogP contribution is 2.36. The number of carbonyl (C=O) groups excluding carboxylic acids is 1. The molecule has 4 nitrogen and oxygen atoms in total. The standard InChI is InChI=1S/C16H22ClN3O/c1-16(15(18)21)6-7-20(10-16)14-8-12(17)3-2-11(14)9-19-13-4-5-13/h2-3,8,13,19H,4-7,9-10H2,1H3,(H2,18,21). The molecule has 3 rings (SSSR count). The summed E-state index contributed by atoms with van der Waals surface area (Å²) in [6, 6.07) is 6.67. The second-order valence-electron chi connectivity index (χ2n) is 6.52. The van der Waals surface area contributed by atoms with Crippen LogP contribution in [-0.4, -0.2) is 25.0 Å². The molecule has 1 amide bonds. The summed E-state index contributed by atoms with van der Waals surface area (Å²) >= 11 is 6.17. The molecule has 3 N–H and O–H groups in total. The lowest BCUT2D eigenvalue weighted by Crippen LogP contribution is -2.37. The zero-order chi connectivity index (χ0) is 15.0. The number of benzene rings is 1. The first kappa shape index (κ1) is 14.7. The lowest BCUT2D eigenvalue weighted by atomic mass is 9.89. The van der Waals surface area contributed by atoms with E-state index in [0.717, 1.165) is 30.2 Å². The molecule has 2 fully saturated rings. The molecular weight excluding hydrogens is 286 g/mol. The van der Waals surface area contributed by atoms with Gasteiger partial charge in [-0.2, -0.15) is 0 Å². The molecule has 1 unspecified atom stereocenters. The van der Waals surface area contributed by atoms with Crippen molar-refractivity contribution in [3.63, 3.8) is 0 Å². The summed E-state index contributed by atoms with van der Waals surface area (Å²) in [7, 11) is 0. The number of hydrogen-bond acceptors (Lipinski definition) is 3. The lowest BCUT2D eigenvalue weighted by Gasteiger charge is -2.25. The molecule has 0 radical (unpaired) electrons. The highest BCUT2D eigenvalue weighted by molar-refractivity contribution is 6.30. The van der Waals surface area contributed by atoms with Crippen LogP contribution in [0.25, 0.3) is 0 Å². The molecule has 2 aliphatic rings. The maximum atomic E-state index is 11.6. The van der Waals surface area contributed by atoms with Crippen LogP contribution in [0.3, 0.4) is 0 Å². The minimum Gasteiger partial charge on any atom is -0.370 e. The van der Waals surface area contributed by atoms with Gasteiger partial charge in [-0.1, -0.05) is 17.7 Å². The number of nitrogens with zero attached hydrogens (tertiary/aromatic N) is 1. The fourth-order valence-electron chi connectivity index (χ4n) is 2.89. The van der Waals surface area contributed by atoms with Crippen LogP contribution >= 0.6 is 11.6 Å². The minimum absolute atomic E-state index is 0.218. The normalized spacial score (nSPS) is 25.3. The zero-order valence-electron chi connectivity index (χ0n) is 12.4. The van der Waals surface area contributed by atoms with E-state index >= 15 is 0 Å². The van der Waals surface area contributed by atoms with Crippen molar-refractivity contribution in [1.29, 1.82) is 0 Å². The van der Waals surface area contributed by atoms with Crippen molar-refractivity contribution in [2.45, 2.75) is 38.8 Å². The molecule has 5 heteroatoms. The van der Waals surface area contributed by atoms with Gasteiger partial charge in [0.05, 0.1) is 5.41 Å². The Morgan fingerprint density at radius 2 is 2.29 bits per heavy atom. The molecule has 1 saturated heterocycles. The van der Waals surface area contributed by atoms with Gasteiger partial charge in [0.2, 0.25) is 5.91 Å². The van der Waals surface area contributed by atoms with E-state index in [4.69, 9.17) is 17.3 Å². The van der Waals surface area contributed by atoms with Crippen LogP contribution in [0.1, 0.15) is 31.7 Å². The van der Waals surface area contributed by atoms with Crippen LogP contribution in [0.5, 0.6) is 0 Å². The number of nitrogens with two attached hydrogens (primary N) is 1. The fourth-order valence-corrected chi connectivity index (χ4v) is 3.06. The van der Waals surface area contributed by atoms with Gasteiger partial charge in [-0.15, -0.1) is 0 Å². The summed E-state index contributed by atoms with van der Waals surface area (Å²) in [5.41, 5.74) is 7.46. The number of carbonyl (C=O) groups is 1. The molecule has 1 saturated carbocycles. The van der Waals surface area contributed by atoms with Crippen molar-refractivity contribution in [3.05, 3.63) is 28.8 Å². The highest BCUT2D eigenvalue weighted by Gasteiger charge is 2.39. The van der Waals surface area contributed by atoms with Gasteiger partial charge < -0.3 is 16.0 Å². The van der Waals surface area contributed by atoms with Gasteiger partial charge in [-0.25, -0.2) is 0 Å². The quantitative estimate of drug-likeness (QED) is 0.877. The number of anilines is 1. The summed E-state index contributed by atoms with van der Waals surface area (Å²) in [6.45, 7) is 4.30. The van der Waals surface area contributed by atoms with Crippen LogP contribution in [0.4, 0.5) is 5.69 Å². The molecule has 0 spiro atoms. The Balaban J connectivity index is 1.80. The number of rotatable bonds is 5. The molecule has 1 atom stereocenters. The molecule has 0 bridgehead atoms. The number of halogens is 1. The number of amides is 1. The van der Waals surface area contributed by atoms with E-state index < -0.39 is 5.41 Å². The average Bonchev–Trinajstić information content (AvgIpc) is 3.18. The van der Waals surface area contributed by atoms with Crippen molar-refractivity contribution < 1.29 is 4.79 Å². The maximum absolute atomic E-state index is 11.6. The predicted octanol–water partition coefficient (Wildman–Crippen LogP) is 2.29.